The second-order valence-electron chi connectivity index (χ2n) is 9.72. The van der Waals surface area contributed by atoms with Crippen LogP contribution in [0.5, 0.6) is 0 Å². The van der Waals surface area contributed by atoms with Crippen molar-refractivity contribution in [2.24, 2.45) is 10.4 Å². The van der Waals surface area contributed by atoms with Gasteiger partial charge in [0.05, 0.1) is 27.1 Å². The van der Waals surface area contributed by atoms with Gasteiger partial charge in [-0.05, 0) is 44.4 Å². The number of hydrogen-bond acceptors (Lipinski definition) is 6. The molecule has 1 amide bonds. The van der Waals surface area contributed by atoms with Crippen LogP contribution in [0, 0.1) is 5.41 Å². The van der Waals surface area contributed by atoms with Gasteiger partial charge in [-0.15, -0.1) is 0 Å². The Balaban J connectivity index is 1.53. The Morgan fingerprint density at radius 1 is 1.14 bits per heavy atom. The highest BCUT2D eigenvalue weighted by Crippen LogP contribution is 2.49. The highest BCUT2D eigenvalue weighted by molar-refractivity contribution is 9.10. The number of pyridine rings is 1. The van der Waals surface area contributed by atoms with Crippen LogP contribution in [0.15, 0.2) is 41.7 Å². The molecule has 1 spiro atoms. The largest absolute Gasteiger partial charge is 0.461 e. The lowest BCUT2D eigenvalue weighted by Crippen LogP contribution is -2.61. The van der Waals surface area contributed by atoms with Crippen LogP contribution in [-0.4, -0.2) is 45.3 Å². The average molecular weight is 609 g/mol. The van der Waals surface area contributed by atoms with Crippen LogP contribution in [0.25, 0.3) is 0 Å². The minimum absolute atomic E-state index is 0.144. The molecule has 10 heteroatoms. The molecule has 4 rings (SSSR count). The number of nitrogens with one attached hydrogen (secondary N) is 1. The molecule has 37 heavy (non-hydrogen) atoms. The molecule has 0 saturated heterocycles. The zero-order valence-corrected chi connectivity index (χ0v) is 23.7. The van der Waals surface area contributed by atoms with Crippen molar-refractivity contribution in [2.45, 2.75) is 69.3 Å². The first-order chi connectivity index (χ1) is 17.6. The average Bonchev–Trinajstić information content (AvgIpc) is 2.87. The molecule has 7 nitrogen and oxygen atoms in total. The Morgan fingerprint density at radius 3 is 2.35 bits per heavy atom. The molecule has 2 aromatic rings. The monoisotopic (exact) mass is 607 g/mol. The van der Waals surface area contributed by atoms with Crippen LogP contribution in [0.3, 0.4) is 0 Å². The maximum absolute atomic E-state index is 13.0. The van der Waals surface area contributed by atoms with E-state index >= 15 is 0 Å². The number of rotatable bonds is 7. The van der Waals surface area contributed by atoms with Crippen molar-refractivity contribution in [1.29, 1.82) is 0 Å². The van der Waals surface area contributed by atoms with Crippen molar-refractivity contribution in [3.63, 3.8) is 0 Å². The van der Waals surface area contributed by atoms with E-state index in [4.69, 9.17) is 32.9 Å². The molecule has 2 fully saturated rings. The molecule has 2 aliphatic carbocycles. The molecule has 196 valence electrons. The molecule has 1 N–H and O–H groups in total. The Bertz CT molecular complexity index is 1210. The molecule has 1 aromatic heterocycles. The SMILES string of the molecule is CC(C)OC(=O)[C@H](Cc1ccc(NC(=O)c2c(Cl)cncc2Cl)cc1)N=C1C(Br)C(=O)C12CCCCC2. The fourth-order valence-corrected chi connectivity index (χ4v) is 6.47. The Kier molecular flexibility index (Phi) is 8.71. The highest BCUT2D eigenvalue weighted by atomic mass is 79.9. The molecule has 1 unspecified atom stereocenters. The van der Waals surface area contributed by atoms with E-state index in [1.807, 2.05) is 12.1 Å². The van der Waals surface area contributed by atoms with Gasteiger partial charge in [0, 0.05) is 30.2 Å². The quantitative estimate of drug-likeness (QED) is 0.296. The van der Waals surface area contributed by atoms with Gasteiger partial charge in [-0.2, -0.15) is 0 Å². The van der Waals surface area contributed by atoms with Gasteiger partial charge in [0.25, 0.3) is 5.91 Å². The molecular formula is C27H28BrCl2N3O4. The van der Waals surface area contributed by atoms with Crippen molar-refractivity contribution < 1.29 is 19.1 Å². The molecule has 2 saturated carbocycles. The highest BCUT2D eigenvalue weighted by Gasteiger charge is 2.58. The molecule has 0 aliphatic heterocycles. The zero-order chi connectivity index (χ0) is 26.7. The number of ketones is 1. The van der Waals surface area contributed by atoms with Crippen LogP contribution in [0.4, 0.5) is 5.69 Å². The number of anilines is 1. The summed E-state index contributed by atoms with van der Waals surface area (Å²) >= 11 is 15.6. The fraction of sp³-hybridized carbons (Fsp3) is 0.444. The van der Waals surface area contributed by atoms with Gasteiger partial charge in [-0.3, -0.25) is 19.6 Å². The summed E-state index contributed by atoms with van der Waals surface area (Å²) in [7, 11) is 0. The third-order valence-electron chi connectivity index (χ3n) is 6.78. The van der Waals surface area contributed by atoms with Crippen molar-refractivity contribution in [3.8, 4) is 0 Å². The van der Waals surface area contributed by atoms with E-state index < -0.39 is 28.2 Å². The predicted octanol–water partition coefficient (Wildman–Crippen LogP) is 6.24. The minimum Gasteiger partial charge on any atom is -0.461 e. The van der Waals surface area contributed by atoms with Gasteiger partial charge in [0.2, 0.25) is 0 Å². The number of halogens is 3. The van der Waals surface area contributed by atoms with Crippen LogP contribution in [0.2, 0.25) is 10.0 Å². The first kappa shape index (κ1) is 27.7. The van der Waals surface area contributed by atoms with Crippen LogP contribution >= 0.6 is 39.1 Å². The number of benzene rings is 1. The first-order valence-electron chi connectivity index (χ1n) is 12.3. The van der Waals surface area contributed by atoms with E-state index in [-0.39, 0.29) is 27.5 Å². The van der Waals surface area contributed by atoms with Gasteiger partial charge in [0.15, 0.2) is 11.8 Å². The maximum Gasteiger partial charge on any atom is 0.331 e. The second-order valence-corrected chi connectivity index (χ2v) is 11.4. The lowest BCUT2D eigenvalue weighted by Gasteiger charge is -2.48. The van der Waals surface area contributed by atoms with E-state index in [0.717, 1.165) is 43.4 Å². The van der Waals surface area contributed by atoms with Gasteiger partial charge in [-0.25, -0.2) is 4.79 Å². The molecule has 2 aliphatic rings. The topological polar surface area (TPSA) is 97.7 Å². The van der Waals surface area contributed by atoms with Gasteiger partial charge < -0.3 is 10.1 Å². The van der Waals surface area contributed by atoms with Crippen molar-refractivity contribution >= 4 is 68.2 Å². The summed E-state index contributed by atoms with van der Waals surface area (Å²) in [5.74, 6) is -0.714. The van der Waals surface area contributed by atoms with E-state index in [1.165, 1.54) is 12.4 Å². The molecule has 2 atom stereocenters. The van der Waals surface area contributed by atoms with E-state index in [9.17, 15) is 14.4 Å². The number of esters is 1. The predicted molar refractivity (Wildman–Crippen MR) is 148 cm³/mol. The number of Topliss-reactive ketones (excluding diaryl/α,β-unsaturated/α-hetero) is 1. The molecule has 1 aromatic carbocycles. The molecule has 0 radical (unpaired) electrons. The van der Waals surface area contributed by atoms with E-state index in [0.29, 0.717) is 12.1 Å². The number of ether oxygens (including phenoxy) is 1. The standard InChI is InChI=1S/C27H28BrCl2N3O4/c1-15(2)37-26(36)20(33-23-22(28)24(34)27(23)10-4-3-5-11-27)12-16-6-8-17(9-7-16)32-25(35)21-18(29)13-31-14-19(21)30/h6-9,13-15,20,22H,3-5,10-12H2,1-2H3,(H,32,35)/t20-,22?/m0/s1. The minimum atomic E-state index is -0.778. The second kappa shape index (κ2) is 11.6. The lowest BCUT2D eigenvalue weighted by molar-refractivity contribution is -0.149. The number of carbonyl (C=O) groups excluding carboxylic acids is 3. The Hall–Kier alpha value is -2.29. The molecule has 1 heterocycles. The van der Waals surface area contributed by atoms with Crippen molar-refractivity contribution in [2.75, 3.05) is 5.32 Å². The number of hydrogen-bond donors (Lipinski definition) is 1. The molecular weight excluding hydrogens is 581 g/mol. The third-order valence-corrected chi connectivity index (χ3v) is 8.20. The van der Waals surface area contributed by atoms with Crippen molar-refractivity contribution in [3.05, 3.63) is 57.8 Å². The normalized spacial score (nSPS) is 20.5. The lowest BCUT2D eigenvalue weighted by atomic mass is 9.58. The number of amides is 1. The summed E-state index contributed by atoms with van der Waals surface area (Å²) in [5.41, 5.74) is 1.73. The van der Waals surface area contributed by atoms with Gasteiger partial charge in [-0.1, -0.05) is 70.5 Å². The van der Waals surface area contributed by atoms with Gasteiger partial charge >= 0.3 is 5.97 Å². The van der Waals surface area contributed by atoms with Crippen LogP contribution < -0.4 is 5.32 Å². The Morgan fingerprint density at radius 2 is 1.76 bits per heavy atom. The van der Waals surface area contributed by atoms with E-state index in [1.54, 1.807) is 26.0 Å². The summed E-state index contributed by atoms with van der Waals surface area (Å²) < 4.78 is 5.51. The summed E-state index contributed by atoms with van der Waals surface area (Å²) in [6.45, 7) is 3.59. The summed E-state index contributed by atoms with van der Waals surface area (Å²) in [4.78, 5) is 46.7. The number of alkyl halides is 1. The van der Waals surface area contributed by atoms with Crippen LogP contribution in [-0.2, 0) is 20.7 Å². The number of aliphatic imine (C=N–C) groups is 1. The summed E-state index contributed by atoms with van der Waals surface area (Å²) in [5, 5.41) is 3.08. The number of nitrogens with zero attached hydrogens (tertiary/aromatic N) is 2. The maximum atomic E-state index is 13.0. The number of aromatic nitrogens is 1. The van der Waals surface area contributed by atoms with Gasteiger partial charge in [0.1, 0.15) is 4.83 Å². The summed E-state index contributed by atoms with van der Waals surface area (Å²) in [6.07, 6.45) is 7.35. The van der Waals surface area contributed by atoms with E-state index in [2.05, 4.69) is 26.2 Å². The number of carbonyl (C=O) groups is 3. The summed E-state index contributed by atoms with van der Waals surface area (Å²) in [6, 6.07) is 6.32. The Labute approximate surface area is 234 Å². The molecule has 0 bridgehead atoms. The van der Waals surface area contributed by atoms with Crippen LogP contribution in [0.1, 0.15) is 61.9 Å². The fourth-order valence-electron chi connectivity index (χ4n) is 4.93. The first-order valence-corrected chi connectivity index (χ1v) is 14.0. The zero-order valence-electron chi connectivity index (χ0n) is 20.6. The smallest absolute Gasteiger partial charge is 0.331 e. The third kappa shape index (κ3) is 5.91. The van der Waals surface area contributed by atoms with Crippen molar-refractivity contribution in [1.82, 2.24) is 4.98 Å².